The topological polar surface area (TPSA) is 70.7 Å². The summed E-state index contributed by atoms with van der Waals surface area (Å²) in [6.45, 7) is 1.66. The maximum atomic E-state index is 13.7. The van der Waals surface area contributed by atoms with Crippen LogP contribution in [0.4, 0.5) is 14.9 Å². The van der Waals surface area contributed by atoms with Gasteiger partial charge in [-0.05, 0) is 43.0 Å². The molecule has 28 heavy (non-hydrogen) atoms. The minimum absolute atomic E-state index is 0.0520. The van der Waals surface area contributed by atoms with E-state index in [0.717, 1.165) is 12.8 Å². The fourth-order valence-electron chi connectivity index (χ4n) is 3.26. The third-order valence-corrected chi connectivity index (χ3v) is 4.92. The number of ether oxygens (including phenoxy) is 1. The molecule has 2 aromatic carbocycles. The molecule has 1 aliphatic rings. The highest BCUT2D eigenvalue weighted by Crippen LogP contribution is 2.24. The van der Waals surface area contributed by atoms with E-state index in [-0.39, 0.29) is 17.5 Å². The molecule has 0 radical (unpaired) electrons. The molecule has 148 valence electrons. The maximum Gasteiger partial charge on any atom is 0.321 e. The number of methoxy groups -OCH3 is 1. The smallest absolute Gasteiger partial charge is 0.321 e. The van der Waals surface area contributed by atoms with Gasteiger partial charge < -0.3 is 20.3 Å². The molecule has 0 atom stereocenters. The second-order valence-electron chi connectivity index (χ2n) is 6.75. The van der Waals surface area contributed by atoms with Crippen molar-refractivity contribution in [3.8, 4) is 5.75 Å². The predicted octanol–water partition coefficient (Wildman–Crippen LogP) is 3.51. The van der Waals surface area contributed by atoms with E-state index in [1.54, 1.807) is 36.3 Å². The van der Waals surface area contributed by atoms with Crippen LogP contribution in [0, 0.1) is 11.7 Å². The summed E-state index contributed by atoms with van der Waals surface area (Å²) in [6.07, 6.45) is 1.55. The summed E-state index contributed by atoms with van der Waals surface area (Å²) in [6, 6.07) is 13.0. The summed E-state index contributed by atoms with van der Waals surface area (Å²) in [5, 5.41) is 5.67. The van der Waals surface area contributed by atoms with E-state index in [4.69, 9.17) is 4.74 Å². The van der Waals surface area contributed by atoms with E-state index >= 15 is 0 Å². The molecule has 0 spiro atoms. The lowest BCUT2D eigenvalue weighted by Gasteiger charge is -2.32. The van der Waals surface area contributed by atoms with E-state index in [9.17, 15) is 14.0 Å². The van der Waals surface area contributed by atoms with Crippen molar-refractivity contribution in [1.29, 1.82) is 0 Å². The number of carbonyl (C=O) groups excluding carboxylic acids is 2. The van der Waals surface area contributed by atoms with E-state index in [1.807, 2.05) is 12.1 Å². The molecule has 2 N–H and O–H groups in total. The van der Waals surface area contributed by atoms with Crippen LogP contribution in [0.5, 0.6) is 5.75 Å². The average molecular weight is 385 g/mol. The predicted molar refractivity (Wildman–Crippen MR) is 105 cm³/mol. The fourth-order valence-corrected chi connectivity index (χ4v) is 3.26. The van der Waals surface area contributed by atoms with Gasteiger partial charge in [-0.15, -0.1) is 0 Å². The number of likely N-dealkylation sites (tertiary alicyclic amines) is 1. The normalized spacial score (nSPS) is 14.4. The Hall–Kier alpha value is -3.09. The summed E-state index contributed by atoms with van der Waals surface area (Å²) < 4.78 is 18.9. The first-order valence-electron chi connectivity index (χ1n) is 9.30. The summed E-state index contributed by atoms with van der Waals surface area (Å²) in [7, 11) is 1.56. The van der Waals surface area contributed by atoms with Crippen molar-refractivity contribution >= 4 is 17.6 Å². The number of urea groups is 1. The molecular weight excluding hydrogens is 361 g/mol. The second-order valence-corrected chi connectivity index (χ2v) is 6.75. The number of nitrogens with zero attached hydrogens (tertiary/aromatic N) is 1. The number of piperidine rings is 1. The van der Waals surface area contributed by atoms with Crippen LogP contribution in [0.15, 0.2) is 48.5 Å². The number of rotatable bonds is 5. The Bertz CT molecular complexity index is 835. The van der Waals surface area contributed by atoms with Gasteiger partial charge in [-0.1, -0.05) is 24.3 Å². The Morgan fingerprint density at radius 2 is 1.79 bits per heavy atom. The Labute approximate surface area is 163 Å². The fraction of sp³-hybridized carbons (Fsp3) is 0.333. The van der Waals surface area contributed by atoms with Gasteiger partial charge in [0.2, 0.25) is 0 Å². The number of amides is 3. The van der Waals surface area contributed by atoms with Gasteiger partial charge in [-0.3, -0.25) is 4.79 Å². The van der Waals surface area contributed by atoms with E-state index in [2.05, 4.69) is 10.6 Å². The molecule has 0 saturated carbocycles. The molecule has 7 heteroatoms. The molecule has 1 fully saturated rings. The molecule has 0 aliphatic carbocycles. The van der Waals surface area contributed by atoms with Crippen LogP contribution < -0.4 is 15.4 Å². The minimum atomic E-state index is -0.525. The van der Waals surface area contributed by atoms with Crippen molar-refractivity contribution in [3.05, 3.63) is 59.9 Å². The number of hydrogen-bond donors (Lipinski definition) is 2. The SMILES string of the molecule is COc1ccccc1NC(=O)N1CCC(CNC(=O)c2ccccc2F)CC1. The largest absolute Gasteiger partial charge is 0.495 e. The number of anilines is 1. The molecule has 1 heterocycles. The molecule has 0 unspecified atom stereocenters. The van der Waals surface area contributed by atoms with Gasteiger partial charge in [0, 0.05) is 19.6 Å². The van der Waals surface area contributed by atoms with Gasteiger partial charge >= 0.3 is 6.03 Å². The molecule has 2 aromatic rings. The maximum absolute atomic E-state index is 13.7. The molecule has 0 aromatic heterocycles. The number of benzene rings is 2. The van der Waals surface area contributed by atoms with Crippen LogP contribution in [-0.2, 0) is 0 Å². The van der Waals surface area contributed by atoms with Crippen molar-refractivity contribution in [2.45, 2.75) is 12.8 Å². The van der Waals surface area contributed by atoms with Crippen molar-refractivity contribution in [2.75, 3.05) is 32.1 Å². The molecular formula is C21H24FN3O3. The molecule has 6 nitrogen and oxygen atoms in total. The second kappa shape index (κ2) is 9.21. The highest BCUT2D eigenvalue weighted by atomic mass is 19.1. The number of carbonyl (C=O) groups is 2. The van der Waals surface area contributed by atoms with E-state index in [1.165, 1.54) is 12.1 Å². The lowest BCUT2D eigenvalue weighted by molar-refractivity contribution is 0.0934. The number of para-hydroxylation sites is 2. The van der Waals surface area contributed by atoms with E-state index < -0.39 is 11.7 Å². The van der Waals surface area contributed by atoms with Gasteiger partial charge in [0.25, 0.3) is 5.91 Å². The quantitative estimate of drug-likeness (QED) is 0.828. The summed E-state index contributed by atoms with van der Waals surface area (Å²) in [5.41, 5.74) is 0.686. The van der Waals surface area contributed by atoms with Gasteiger partial charge in [-0.2, -0.15) is 0 Å². The highest BCUT2D eigenvalue weighted by Gasteiger charge is 2.24. The Kier molecular flexibility index (Phi) is 6.47. The standard InChI is InChI=1S/C21H24FN3O3/c1-28-19-9-5-4-8-18(19)24-21(27)25-12-10-15(11-13-25)14-23-20(26)16-6-2-3-7-17(16)22/h2-9,15H,10-14H2,1H3,(H,23,26)(H,24,27). The number of halogens is 1. The summed E-state index contributed by atoms with van der Waals surface area (Å²) in [4.78, 5) is 26.3. The molecule has 0 bridgehead atoms. The Morgan fingerprint density at radius 1 is 1.11 bits per heavy atom. The molecule has 3 amide bonds. The zero-order valence-corrected chi connectivity index (χ0v) is 15.8. The Morgan fingerprint density at radius 3 is 2.50 bits per heavy atom. The van der Waals surface area contributed by atoms with Crippen LogP contribution in [0.25, 0.3) is 0 Å². The van der Waals surface area contributed by atoms with E-state index in [0.29, 0.717) is 31.1 Å². The average Bonchev–Trinajstić information content (AvgIpc) is 2.73. The van der Waals surface area contributed by atoms with Gasteiger partial charge in [0.15, 0.2) is 0 Å². The van der Waals surface area contributed by atoms with Crippen LogP contribution in [0.1, 0.15) is 23.2 Å². The zero-order valence-electron chi connectivity index (χ0n) is 15.8. The van der Waals surface area contributed by atoms with Crippen LogP contribution in [-0.4, -0.2) is 43.6 Å². The van der Waals surface area contributed by atoms with Crippen molar-refractivity contribution < 1.29 is 18.7 Å². The van der Waals surface area contributed by atoms with Gasteiger partial charge in [-0.25, -0.2) is 9.18 Å². The van der Waals surface area contributed by atoms with Crippen LogP contribution >= 0.6 is 0 Å². The van der Waals surface area contributed by atoms with Gasteiger partial charge in [0.05, 0.1) is 18.4 Å². The third-order valence-electron chi connectivity index (χ3n) is 4.92. The molecule has 3 rings (SSSR count). The lowest BCUT2D eigenvalue weighted by atomic mass is 9.97. The molecule has 1 saturated heterocycles. The minimum Gasteiger partial charge on any atom is -0.495 e. The summed E-state index contributed by atoms with van der Waals surface area (Å²) in [5.74, 6) is -0.0649. The molecule has 1 aliphatic heterocycles. The van der Waals surface area contributed by atoms with Crippen LogP contribution in [0.3, 0.4) is 0 Å². The number of nitrogens with one attached hydrogen (secondary N) is 2. The highest BCUT2D eigenvalue weighted by molar-refractivity contribution is 5.94. The summed E-state index contributed by atoms with van der Waals surface area (Å²) >= 11 is 0. The number of hydrogen-bond acceptors (Lipinski definition) is 3. The monoisotopic (exact) mass is 385 g/mol. The van der Waals surface area contributed by atoms with Crippen molar-refractivity contribution in [1.82, 2.24) is 10.2 Å². The first-order chi connectivity index (χ1) is 13.6. The first kappa shape index (κ1) is 19.7. The Balaban J connectivity index is 1.46. The van der Waals surface area contributed by atoms with Crippen LogP contribution in [0.2, 0.25) is 0 Å². The zero-order chi connectivity index (χ0) is 19.9. The third kappa shape index (κ3) is 4.79. The lowest BCUT2D eigenvalue weighted by Crippen LogP contribution is -2.43. The van der Waals surface area contributed by atoms with Gasteiger partial charge in [0.1, 0.15) is 11.6 Å². The van der Waals surface area contributed by atoms with Crippen molar-refractivity contribution in [3.63, 3.8) is 0 Å². The van der Waals surface area contributed by atoms with Crippen molar-refractivity contribution in [2.24, 2.45) is 5.92 Å². The first-order valence-corrected chi connectivity index (χ1v) is 9.30.